The van der Waals surface area contributed by atoms with Gasteiger partial charge in [0.2, 0.25) is 0 Å². The van der Waals surface area contributed by atoms with Gasteiger partial charge in [-0.05, 0) is 30.2 Å². The zero-order valence-electron chi connectivity index (χ0n) is 16.0. The minimum atomic E-state index is -1.33. The zero-order chi connectivity index (χ0) is 21.1. The molecule has 0 aromatic heterocycles. The normalized spacial score (nSPS) is 15.8. The third kappa shape index (κ3) is 4.29. The number of non-ortho nitro benzene ring substituents is 1. The fourth-order valence-electron chi connectivity index (χ4n) is 3.43. The molecule has 0 saturated carbocycles. The molecule has 0 bridgehead atoms. The molecule has 1 heterocycles. The van der Waals surface area contributed by atoms with Gasteiger partial charge in [-0.3, -0.25) is 14.9 Å². The highest BCUT2D eigenvalue weighted by Crippen LogP contribution is 2.33. The summed E-state index contributed by atoms with van der Waals surface area (Å²) in [4.78, 5) is 36.1. The molecule has 2 aromatic rings. The number of ether oxygens (including phenoxy) is 2. The van der Waals surface area contributed by atoms with Crippen LogP contribution < -0.4 is 9.47 Å². The molecule has 2 aromatic carbocycles. The van der Waals surface area contributed by atoms with Gasteiger partial charge in [0.1, 0.15) is 11.5 Å². The summed E-state index contributed by atoms with van der Waals surface area (Å²) in [5, 5.41) is 20.3. The number of nitrogens with zero attached hydrogens (tertiary/aromatic N) is 2. The Hall–Kier alpha value is -3.62. The van der Waals surface area contributed by atoms with Gasteiger partial charge in [-0.1, -0.05) is 0 Å². The summed E-state index contributed by atoms with van der Waals surface area (Å²) in [6.07, 6.45) is 0.697. The van der Waals surface area contributed by atoms with E-state index in [1.54, 1.807) is 25.2 Å². The number of likely N-dealkylation sites (tertiary alicyclic amines) is 1. The number of hydrogen-bond donors (Lipinski definition) is 1. The van der Waals surface area contributed by atoms with Crippen LogP contribution in [0.5, 0.6) is 11.5 Å². The summed E-state index contributed by atoms with van der Waals surface area (Å²) in [7, 11) is 3.12. The Kier molecular flexibility index (Phi) is 5.67. The number of aromatic carboxylic acids is 1. The summed E-state index contributed by atoms with van der Waals surface area (Å²) < 4.78 is 10.6. The molecule has 0 unspecified atom stereocenters. The topological polar surface area (TPSA) is 119 Å². The Bertz CT molecular complexity index is 919. The highest BCUT2D eigenvalue weighted by atomic mass is 16.6. The van der Waals surface area contributed by atoms with E-state index < -0.39 is 22.5 Å². The van der Waals surface area contributed by atoms with E-state index in [0.29, 0.717) is 31.0 Å². The van der Waals surface area contributed by atoms with Gasteiger partial charge in [-0.15, -0.1) is 0 Å². The van der Waals surface area contributed by atoms with Crippen LogP contribution >= 0.6 is 0 Å². The molecule has 1 saturated heterocycles. The number of nitro groups is 1. The van der Waals surface area contributed by atoms with E-state index >= 15 is 0 Å². The molecule has 1 amide bonds. The molecule has 9 heteroatoms. The number of benzene rings is 2. The van der Waals surface area contributed by atoms with Gasteiger partial charge >= 0.3 is 5.97 Å². The smallest absolute Gasteiger partial charge is 0.335 e. The van der Waals surface area contributed by atoms with Crippen molar-refractivity contribution in [3.8, 4) is 11.5 Å². The Balaban J connectivity index is 1.84. The van der Waals surface area contributed by atoms with Crippen LogP contribution in [0.25, 0.3) is 0 Å². The van der Waals surface area contributed by atoms with Crippen LogP contribution in [0.2, 0.25) is 0 Å². The molecule has 9 nitrogen and oxygen atoms in total. The maximum absolute atomic E-state index is 12.9. The third-order valence-electron chi connectivity index (χ3n) is 4.94. The molecular weight excluding hydrogens is 380 g/mol. The number of carbonyl (C=O) groups excluding carboxylic acids is 1. The second-order valence-corrected chi connectivity index (χ2v) is 6.71. The average Bonchev–Trinajstić information content (AvgIpc) is 3.22. The van der Waals surface area contributed by atoms with Gasteiger partial charge < -0.3 is 19.5 Å². The number of hydrogen-bond acceptors (Lipinski definition) is 6. The summed E-state index contributed by atoms with van der Waals surface area (Å²) in [6, 6.07) is 8.75. The van der Waals surface area contributed by atoms with E-state index in [4.69, 9.17) is 9.47 Å². The number of methoxy groups -OCH3 is 2. The van der Waals surface area contributed by atoms with Gasteiger partial charge in [0.15, 0.2) is 0 Å². The zero-order valence-corrected chi connectivity index (χ0v) is 16.0. The van der Waals surface area contributed by atoms with Crippen molar-refractivity contribution in [2.24, 2.45) is 0 Å². The summed E-state index contributed by atoms with van der Waals surface area (Å²) in [5.74, 6) is -0.428. The predicted octanol–water partition coefficient (Wildman–Crippen LogP) is 2.94. The molecule has 3 rings (SSSR count). The molecule has 29 heavy (non-hydrogen) atoms. The van der Waals surface area contributed by atoms with Crippen molar-refractivity contribution in [1.82, 2.24) is 4.90 Å². The second kappa shape index (κ2) is 8.17. The van der Waals surface area contributed by atoms with Crippen LogP contribution in [0.4, 0.5) is 5.69 Å². The lowest BCUT2D eigenvalue weighted by molar-refractivity contribution is -0.384. The molecule has 0 radical (unpaired) electrons. The standard InChI is InChI=1S/C20H20N2O7/c1-28-17-8-13(9-18(10-17)29-2)12-3-4-21(11-12)19(23)14-5-15(20(24)25)7-16(6-14)22(26)27/h5-10,12H,3-4,11H2,1-2H3,(H,24,25)/t12-/m0/s1. The summed E-state index contributed by atoms with van der Waals surface area (Å²) in [5.41, 5.74) is 0.222. The first-order valence-electron chi connectivity index (χ1n) is 8.87. The SMILES string of the molecule is COc1cc(OC)cc([C@H]2CCN(C(=O)c3cc(C(=O)O)cc([N+](=O)[O-])c3)C2)c1. The Morgan fingerprint density at radius 3 is 2.24 bits per heavy atom. The number of carbonyl (C=O) groups is 2. The first-order valence-corrected chi connectivity index (χ1v) is 8.87. The monoisotopic (exact) mass is 400 g/mol. The van der Waals surface area contributed by atoms with Gasteiger partial charge in [0, 0.05) is 42.8 Å². The largest absolute Gasteiger partial charge is 0.497 e. The number of nitro benzene ring substituents is 1. The lowest BCUT2D eigenvalue weighted by atomic mass is 9.98. The lowest BCUT2D eigenvalue weighted by Gasteiger charge is -2.18. The lowest BCUT2D eigenvalue weighted by Crippen LogP contribution is -2.28. The average molecular weight is 400 g/mol. The second-order valence-electron chi connectivity index (χ2n) is 6.71. The van der Waals surface area contributed by atoms with Crippen molar-refractivity contribution in [2.75, 3.05) is 27.3 Å². The van der Waals surface area contributed by atoms with Gasteiger partial charge in [-0.2, -0.15) is 0 Å². The number of carboxylic acids is 1. The fraction of sp³-hybridized carbons (Fsp3) is 0.300. The number of rotatable bonds is 6. The quantitative estimate of drug-likeness (QED) is 0.585. The minimum Gasteiger partial charge on any atom is -0.497 e. The van der Waals surface area contributed by atoms with Crippen molar-refractivity contribution in [1.29, 1.82) is 0 Å². The molecule has 0 aliphatic carbocycles. The van der Waals surface area contributed by atoms with E-state index in [0.717, 1.165) is 17.7 Å². The minimum absolute atomic E-state index is 0.0135. The first-order chi connectivity index (χ1) is 13.8. The first kappa shape index (κ1) is 20.1. The molecule has 152 valence electrons. The van der Waals surface area contributed by atoms with Crippen LogP contribution in [0.1, 0.15) is 38.6 Å². The number of carboxylic acid groups (broad SMARTS) is 1. The molecular formula is C20H20N2O7. The molecule has 1 atom stereocenters. The maximum atomic E-state index is 12.9. The van der Waals surface area contributed by atoms with E-state index in [2.05, 4.69) is 0 Å². The van der Waals surface area contributed by atoms with E-state index in [-0.39, 0.29) is 17.0 Å². The highest BCUT2D eigenvalue weighted by molar-refractivity contribution is 5.98. The van der Waals surface area contributed by atoms with Crippen LogP contribution in [-0.4, -0.2) is 54.1 Å². The fourth-order valence-corrected chi connectivity index (χ4v) is 3.43. The van der Waals surface area contributed by atoms with Crippen LogP contribution in [0.3, 0.4) is 0 Å². The van der Waals surface area contributed by atoms with Gasteiger partial charge in [-0.25, -0.2) is 4.79 Å². The van der Waals surface area contributed by atoms with Crippen LogP contribution in [0.15, 0.2) is 36.4 Å². The van der Waals surface area contributed by atoms with Crippen molar-refractivity contribution >= 4 is 17.6 Å². The Morgan fingerprint density at radius 2 is 1.69 bits per heavy atom. The van der Waals surface area contributed by atoms with E-state index in [9.17, 15) is 24.8 Å². The Labute approximate surface area is 166 Å². The van der Waals surface area contributed by atoms with Crippen LogP contribution in [-0.2, 0) is 0 Å². The molecule has 1 aliphatic heterocycles. The van der Waals surface area contributed by atoms with Crippen LogP contribution in [0, 0.1) is 10.1 Å². The third-order valence-corrected chi connectivity index (χ3v) is 4.94. The Morgan fingerprint density at radius 1 is 1.07 bits per heavy atom. The predicted molar refractivity (Wildman–Crippen MR) is 103 cm³/mol. The van der Waals surface area contributed by atoms with Gasteiger partial charge in [0.25, 0.3) is 11.6 Å². The summed E-state index contributed by atoms with van der Waals surface area (Å²) >= 11 is 0. The molecule has 1 N–H and O–H groups in total. The molecule has 0 spiro atoms. The molecule has 1 fully saturated rings. The van der Waals surface area contributed by atoms with Gasteiger partial charge in [0.05, 0.1) is 24.7 Å². The van der Waals surface area contributed by atoms with E-state index in [1.807, 2.05) is 12.1 Å². The van der Waals surface area contributed by atoms with Crippen molar-refractivity contribution < 1.29 is 29.1 Å². The number of amides is 1. The molecule has 1 aliphatic rings. The summed E-state index contributed by atoms with van der Waals surface area (Å²) in [6.45, 7) is 0.856. The van der Waals surface area contributed by atoms with Crippen molar-refractivity contribution in [3.63, 3.8) is 0 Å². The van der Waals surface area contributed by atoms with Crippen molar-refractivity contribution in [2.45, 2.75) is 12.3 Å². The highest BCUT2D eigenvalue weighted by Gasteiger charge is 2.30. The van der Waals surface area contributed by atoms with Crippen molar-refractivity contribution in [3.05, 3.63) is 63.2 Å². The maximum Gasteiger partial charge on any atom is 0.335 e. The van der Waals surface area contributed by atoms with E-state index in [1.165, 1.54) is 6.07 Å².